The molecule has 3 rings (SSSR count). The Balaban J connectivity index is 1.79. The molecule has 1 aliphatic heterocycles. The minimum atomic E-state index is -3.12. The minimum absolute atomic E-state index is 0.137. The highest BCUT2D eigenvalue weighted by molar-refractivity contribution is 8.25. The molecule has 1 atom stereocenters. The first-order valence-electron chi connectivity index (χ1n) is 9.58. The maximum absolute atomic E-state index is 10.9. The van der Waals surface area contributed by atoms with Crippen LogP contribution in [-0.4, -0.2) is 33.8 Å². The third-order valence-electron chi connectivity index (χ3n) is 5.16. The fraction of sp³-hybridized carbons (Fsp3) is 0.381. The number of carboxylic acid groups (broad SMARTS) is 1. The predicted molar refractivity (Wildman–Crippen MR) is 113 cm³/mol. The van der Waals surface area contributed by atoms with Crippen LogP contribution in [0.5, 0.6) is 0 Å². The van der Waals surface area contributed by atoms with E-state index in [-0.39, 0.29) is 12.5 Å². The number of benzene rings is 2. The lowest BCUT2D eigenvalue weighted by Gasteiger charge is -2.41. The molecule has 6 nitrogen and oxygen atoms in total. The quantitative estimate of drug-likeness (QED) is 0.469. The molecule has 0 bridgehead atoms. The van der Waals surface area contributed by atoms with Crippen molar-refractivity contribution in [1.29, 1.82) is 0 Å². The van der Waals surface area contributed by atoms with Crippen molar-refractivity contribution in [2.75, 3.05) is 17.9 Å². The van der Waals surface area contributed by atoms with E-state index >= 15 is 0 Å². The fourth-order valence-corrected chi connectivity index (χ4v) is 5.16. The summed E-state index contributed by atoms with van der Waals surface area (Å²) in [6.07, 6.45) is 3.73. The molecule has 152 valence electrons. The summed E-state index contributed by atoms with van der Waals surface area (Å²) in [4.78, 5) is 11.1. The number of carbonyl (C=O) groups is 1. The van der Waals surface area contributed by atoms with Crippen LogP contribution in [0.4, 0.5) is 5.69 Å². The predicted octanol–water partition coefficient (Wildman–Crippen LogP) is 4.88. The normalized spacial score (nSPS) is 18.7. The van der Waals surface area contributed by atoms with Gasteiger partial charge in [0.1, 0.15) is 0 Å². The Labute approximate surface area is 167 Å². The van der Waals surface area contributed by atoms with E-state index in [2.05, 4.69) is 5.32 Å². The van der Waals surface area contributed by atoms with Crippen LogP contribution < -0.4 is 9.62 Å². The van der Waals surface area contributed by atoms with Crippen LogP contribution in [0.3, 0.4) is 0 Å². The maximum Gasteiger partial charge on any atom is 0.303 e. The third-order valence-corrected chi connectivity index (χ3v) is 7.08. The summed E-state index contributed by atoms with van der Waals surface area (Å²) in [6, 6.07) is 15.1. The van der Waals surface area contributed by atoms with Crippen molar-refractivity contribution < 1.29 is 19.0 Å². The molecule has 1 unspecified atom stereocenters. The van der Waals surface area contributed by atoms with Crippen LogP contribution in [0.1, 0.15) is 49.3 Å². The molecule has 0 saturated carbocycles. The lowest BCUT2D eigenvalue weighted by atomic mass is 9.96. The summed E-state index contributed by atoms with van der Waals surface area (Å²) >= 11 is 0. The highest BCUT2D eigenvalue weighted by Crippen LogP contribution is 2.58. The number of nitrogens with one attached hydrogen (secondary N) is 1. The number of hydrogen-bond donors (Lipinski definition) is 4. The smallest absolute Gasteiger partial charge is 0.303 e. The van der Waals surface area contributed by atoms with Crippen molar-refractivity contribution in [3.63, 3.8) is 0 Å². The van der Waals surface area contributed by atoms with Gasteiger partial charge in [-0.2, -0.15) is 0 Å². The van der Waals surface area contributed by atoms with Crippen molar-refractivity contribution in [3.05, 3.63) is 59.7 Å². The third kappa shape index (κ3) is 4.33. The topological polar surface area (TPSA) is 93.0 Å². The molecule has 0 spiro atoms. The van der Waals surface area contributed by atoms with Gasteiger partial charge in [-0.15, -0.1) is 0 Å². The number of aliphatic carboxylic acids is 1. The largest absolute Gasteiger partial charge is 0.481 e. The Morgan fingerprint density at radius 3 is 2.39 bits per heavy atom. The molecule has 2 aromatic carbocycles. The highest BCUT2D eigenvalue weighted by atomic mass is 32.3. The average molecular weight is 405 g/mol. The number of unbranched alkanes of at least 4 members (excludes halogenated alkanes) is 3. The summed E-state index contributed by atoms with van der Waals surface area (Å²) < 4.78 is 23.5. The molecule has 4 N–H and O–H groups in total. The van der Waals surface area contributed by atoms with E-state index in [1.165, 1.54) is 0 Å². The molecule has 28 heavy (non-hydrogen) atoms. The van der Waals surface area contributed by atoms with E-state index in [4.69, 9.17) is 5.11 Å². The zero-order chi connectivity index (χ0) is 20.1. The SMILES string of the molecule is CN1c2ccccc2C(NCCCCCCC(=O)O)c2ccccc2S1(O)O. The number of fused-ring (bicyclic) bond motifs is 2. The lowest BCUT2D eigenvalue weighted by Crippen LogP contribution is -2.24. The van der Waals surface area contributed by atoms with Gasteiger partial charge < -0.3 is 10.4 Å². The first-order valence-corrected chi connectivity index (χ1v) is 11.1. The van der Waals surface area contributed by atoms with Crippen LogP contribution in [0, 0.1) is 0 Å². The number of rotatable bonds is 8. The van der Waals surface area contributed by atoms with Gasteiger partial charge in [0.2, 0.25) is 0 Å². The molecule has 0 radical (unpaired) electrons. The van der Waals surface area contributed by atoms with Gasteiger partial charge >= 0.3 is 5.97 Å². The zero-order valence-electron chi connectivity index (χ0n) is 16.0. The summed E-state index contributed by atoms with van der Waals surface area (Å²) in [5.74, 6) is -0.743. The van der Waals surface area contributed by atoms with Gasteiger partial charge in [0.05, 0.1) is 16.6 Å². The van der Waals surface area contributed by atoms with E-state index in [1.54, 1.807) is 17.4 Å². The molecular formula is C21H28N2O4S. The van der Waals surface area contributed by atoms with Crippen molar-refractivity contribution in [3.8, 4) is 0 Å². The van der Waals surface area contributed by atoms with Crippen molar-refractivity contribution in [2.24, 2.45) is 0 Å². The number of anilines is 1. The monoisotopic (exact) mass is 404 g/mol. The maximum atomic E-state index is 10.9. The Morgan fingerprint density at radius 2 is 1.64 bits per heavy atom. The van der Waals surface area contributed by atoms with Crippen LogP contribution in [0.15, 0.2) is 53.4 Å². The first-order chi connectivity index (χ1) is 13.4. The minimum Gasteiger partial charge on any atom is -0.481 e. The molecule has 0 fully saturated rings. The van der Waals surface area contributed by atoms with E-state index in [9.17, 15) is 13.9 Å². The standard InChI is InChI=1S/C21H28N2O4S/c1-23-18-12-7-5-10-16(18)21(22-15-9-3-2-4-14-20(24)25)17-11-6-8-13-19(17)28(23,26)27/h5-8,10-13,21-22,26-27H,2-4,9,14-15H2,1H3,(H,24,25). The van der Waals surface area contributed by atoms with Gasteiger partial charge in [0.25, 0.3) is 0 Å². The number of hydrogen-bond acceptors (Lipinski definition) is 5. The van der Waals surface area contributed by atoms with Crippen molar-refractivity contribution in [2.45, 2.75) is 43.0 Å². The zero-order valence-corrected chi connectivity index (χ0v) is 16.9. The van der Waals surface area contributed by atoms with Crippen molar-refractivity contribution in [1.82, 2.24) is 5.32 Å². The van der Waals surface area contributed by atoms with E-state index in [1.807, 2.05) is 42.5 Å². The number of para-hydroxylation sites is 1. The van der Waals surface area contributed by atoms with Gasteiger partial charge in [0.15, 0.2) is 0 Å². The molecule has 1 heterocycles. The highest BCUT2D eigenvalue weighted by Gasteiger charge is 2.34. The second-order valence-electron chi connectivity index (χ2n) is 7.06. The van der Waals surface area contributed by atoms with Gasteiger partial charge in [-0.05, 0) is 42.6 Å². The second-order valence-corrected chi connectivity index (χ2v) is 9.08. The number of carboxylic acids is 1. The van der Waals surface area contributed by atoms with Crippen LogP contribution >= 0.6 is 10.8 Å². The average Bonchev–Trinajstić information content (AvgIpc) is 2.75. The molecule has 0 aromatic heterocycles. The van der Waals surface area contributed by atoms with Gasteiger partial charge in [-0.3, -0.25) is 18.2 Å². The van der Waals surface area contributed by atoms with E-state index < -0.39 is 16.7 Å². The van der Waals surface area contributed by atoms with Gasteiger partial charge in [0, 0.05) is 13.5 Å². The first kappa shape index (κ1) is 20.7. The fourth-order valence-electron chi connectivity index (χ4n) is 3.66. The Kier molecular flexibility index (Phi) is 6.61. The molecule has 0 saturated heterocycles. The summed E-state index contributed by atoms with van der Waals surface area (Å²) in [6.45, 7) is 0.767. The Morgan fingerprint density at radius 1 is 1.00 bits per heavy atom. The van der Waals surface area contributed by atoms with E-state index in [0.29, 0.717) is 11.3 Å². The van der Waals surface area contributed by atoms with E-state index in [0.717, 1.165) is 42.6 Å². The summed E-state index contributed by atoms with van der Waals surface area (Å²) in [7, 11) is -1.40. The molecule has 7 heteroatoms. The number of nitrogens with zero attached hydrogens (tertiary/aromatic N) is 1. The molecule has 1 aliphatic rings. The second kappa shape index (κ2) is 8.96. The molecular weight excluding hydrogens is 376 g/mol. The van der Waals surface area contributed by atoms with Crippen LogP contribution in [0.2, 0.25) is 0 Å². The molecule has 2 aromatic rings. The van der Waals surface area contributed by atoms with Crippen LogP contribution in [-0.2, 0) is 4.79 Å². The Hall–Kier alpha value is -2.06. The van der Waals surface area contributed by atoms with Gasteiger partial charge in [-0.25, -0.2) is 0 Å². The molecule has 0 aliphatic carbocycles. The summed E-state index contributed by atoms with van der Waals surface area (Å²) in [5.41, 5.74) is 2.70. The van der Waals surface area contributed by atoms with Gasteiger partial charge in [-0.1, -0.05) is 60.0 Å². The molecule has 0 amide bonds. The van der Waals surface area contributed by atoms with Crippen molar-refractivity contribution >= 4 is 22.4 Å². The summed E-state index contributed by atoms with van der Waals surface area (Å²) in [5, 5.41) is 12.3. The lowest BCUT2D eigenvalue weighted by molar-refractivity contribution is -0.137. The Bertz CT molecular complexity index is 828. The van der Waals surface area contributed by atoms with Crippen LogP contribution in [0.25, 0.3) is 0 Å².